The third kappa shape index (κ3) is 1.87. The second kappa shape index (κ2) is 4.78. The average Bonchev–Trinajstić information content (AvgIpc) is 2.80. The molecule has 1 aliphatic heterocycles. The summed E-state index contributed by atoms with van der Waals surface area (Å²) in [5.41, 5.74) is 8.39. The molecule has 0 amide bonds. The average molecular weight is 239 g/mol. The fraction of sp³-hybridized carbons (Fsp3) is 0.267. The second-order valence-corrected chi connectivity index (χ2v) is 4.63. The van der Waals surface area contributed by atoms with E-state index >= 15 is 0 Å². The van der Waals surface area contributed by atoms with Gasteiger partial charge in [0.1, 0.15) is 5.82 Å². The van der Waals surface area contributed by atoms with Gasteiger partial charge in [0.15, 0.2) is 0 Å². The van der Waals surface area contributed by atoms with Gasteiger partial charge in [0.05, 0.1) is 0 Å². The molecule has 1 aromatic heterocycles. The van der Waals surface area contributed by atoms with E-state index in [2.05, 4.69) is 40.2 Å². The number of hydrogen-bond acceptors (Lipinski definition) is 3. The smallest absolute Gasteiger partial charge is 0.132 e. The van der Waals surface area contributed by atoms with E-state index < -0.39 is 0 Å². The highest BCUT2D eigenvalue weighted by Gasteiger charge is 2.28. The molecule has 1 atom stereocenters. The fourth-order valence-corrected chi connectivity index (χ4v) is 2.67. The maximum absolute atomic E-state index is 5.72. The van der Waals surface area contributed by atoms with Gasteiger partial charge in [-0.3, -0.25) is 0 Å². The summed E-state index contributed by atoms with van der Waals surface area (Å²) in [6.07, 6.45) is 2.87. The van der Waals surface area contributed by atoms with Crippen LogP contribution in [-0.2, 0) is 0 Å². The molecule has 3 heteroatoms. The summed E-state index contributed by atoms with van der Waals surface area (Å²) in [7, 11) is 0. The lowest BCUT2D eigenvalue weighted by molar-refractivity contribution is 0.667. The van der Waals surface area contributed by atoms with Crippen molar-refractivity contribution in [3.8, 4) is 0 Å². The number of nitrogens with two attached hydrogens (primary N) is 1. The Labute approximate surface area is 107 Å². The van der Waals surface area contributed by atoms with Crippen LogP contribution in [0.5, 0.6) is 0 Å². The first kappa shape index (κ1) is 11.2. The second-order valence-electron chi connectivity index (χ2n) is 4.63. The zero-order valence-electron chi connectivity index (χ0n) is 10.3. The van der Waals surface area contributed by atoms with E-state index in [1.54, 1.807) is 0 Å². The number of nitrogens with zero attached hydrogens (tertiary/aromatic N) is 2. The van der Waals surface area contributed by atoms with Crippen molar-refractivity contribution in [1.82, 2.24) is 4.98 Å². The first-order valence-electron chi connectivity index (χ1n) is 6.37. The number of anilines is 2. The minimum Gasteiger partial charge on any atom is -0.330 e. The molecule has 0 saturated heterocycles. The van der Waals surface area contributed by atoms with Crippen molar-refractivity contribution in [2.24, 2.45) is 5.73 Å². The van der Waals surface area contributed by atoms with Crippen molar-refractivity contribution in [2.45, 2.75) is 12.3 Å². The van der Waals surface area contributed by atoms with Crippen molar-refractivity contribution in [3.63, 3.8) is 0 Å². The van der Waals surface area contributed by atoms with Crippen LogP contribution in [0.25, 0.3) is 0 Å². The number of para-hydroxylation sites is 1. The maximum atomic E-state index is 5.72. The van der Waals surface area contributed by atoms with E-state index in [4.69, 9.17) is 5.73 Å². The van der Waals surface area contributed by atoms with Crippen molar-refractivity contribution in [3.05, 3.63) is 54.2 Å². The minimum absolute atomic E-state index is 0.521. The maximum Gasteiger partial charge on any atom is 0.132 e. The van der Waals surface area contributed by atoms with Gasteiger partial charge in [-0.05, 0) is 36.7 Å². The topological polar surface area (TPSA) is 42.1 Å². The molecule has 18 heavy (non-hydrogen) atoms. The number of rotatable bonds is 3. The summed E-state index contributed by atoms with van der Waals surface area (Å²) < 4.78 is 0. The molecule has 0 aliphatic carbocycles. The van der Waals surface area contributed by atoms with Crippen molar-refractivity contribution < 1.29 is 0 Å². The van der Waals surface area contributed by atoms with Crippen LogP contribution in [-0.4, -0.2) is 18.1 Å². The van der Waals surface area contributed by atoms with Gasteiger partial charge in [0.2, 0.25) is 0 Å². The summed E-state index contributed by atoms with van der Waals surface area (Å²) in [6, 6.07) is 14.6. The summed E-state index contributed by atoms with van der Waals surface area (Å²) in [4.78, 5) is 6.74. The van der Waals surface area contributed by atoms with Gasteiger partial charge in [-0.25, -0.2) is 4.98 Å². The molecule has 0 fully saturated rings. The van der Waals surface area contributed by atoms with Crippen LogP contribution < -0.4 is 10.6 Å². The molecule has 92 valence electrons. The molecule has 0 radical (unpaired) electrons. The highest BCUT2D eigenvalue weighted by atomic mass is 15.2. The van der Waals surface area contributed by atoms with Gasteiger partial charge in [-0.15, -0.1) is 0 Å². The van der Waals surface area contributed by atoms with Gasteiger partial charge in [0.25, 0.3) is 0 Å². The zero-order chi connectivity index (χ0) is 12.4. The van der Waals surface area contributed by atoms with Crippen LogP contribution in [0, 0.1) is 0 Å². The lowest BCUT2D eigenvalue weighted by atomic mass is 9.98. The van der Waals surface area contributed by atoms with Crippen LogP contribution in [0.4, 0.5) is 11.5 Å². The molecule has 3 nitrogen and oxygen atoms in total. The number of hydrogen-bond donors (Lipinski definition) is 1. The first-order valence-corrected chi connectivity index (χ1v) is 6.37. The fourth-order valence-electron chi connectivity index (χ4n) is 2.67. The molecule has 2 heterocycles. The van der Waals surface area contributed by atoms with Gasteiger partial charge in [-0.2, -0.15) is 0 Å². The summed E-state index contributed by atoms with van der Waals surface area (Å²) in [5.74, 6) is 1.54. The van der Waals surface area contributed by atoms with Gasteiger partial charge < -0.3 is 10.6 Å². The molecule has 0 bridgehead atoms. The molecule has 0 saturated carbocycles. The molecular formula is C15H17N3. The molecular weight excluding hydrogens is 222 g/mol. The number of benzene rings is 1. The number of aromatic nitrogens is 1. The SMILES string of the molecule is NCCC1CN(c2ccccn2)c2ccccc21. The monoisotopic (exact) mass is 239 g/mol. The van der Waals surface area contributed by atoms with Crippen molar-refractivity contribution in [1.29, 1.82) is 0 Å². The largest absolute Gasteiger partial charge is 0.330 e. The third-order valence-electron chi connectivity index (χ3n) is 3.51. The predicted molar refractivity (Wildman–Crippen MR) is 74.1 cm³/mol. The first-order chi connectivity index (χ1) is 8.90. The summed E-state index contributed by atoms with van der Waals surface area (Å²) in [5, 5.41) is 0. The van der Waals surface area contributed by atoms with E-state index in [0.29, 0.717) is 5.92 Å². The highest BCUT2D eigenvalue weighted by Crippen LogP contribution is 2.41. The van der Waals surface area contributed by atoms with E-state index in [1.165, 1.54) is 11.3 Å². The Balaban J connectivity index is 1.99. The Morgan fingerprint density at radius 1 is 1.17 bits per heavy atom. The van der Waals surface area contributed by atoms with E-state index in [1.807, 2.05) is 18.3 Å². The lowest BCUT2D eigenvalue weighted by Gasteiger charge is -2.18. The van der Waals surface area contributed by atoms with E-state index in [-0.39, 0.29) is 0 Å². The normalized spacial score (nSPS) is 17.8. The molecule has 0 spiro atoms. The minimum atomic E-state index is 0.521. The summed E-state index contributed by atoms with van der Waals surface area (Å²) in [6.45, 7) is 1.71. The van der Waals surface area contributed by atoms with Crippen molar-refractivity contribution >= 4 is 11.5 Å². The Bertz CT molecular complexity index is 524. The Morgan fingerprint density at radius 2 is 2.00 bits per heavy atom. The van der Waals surface area contributed by atoms with Crippen LogP contribution in [0.3, 0.4) is 0 Å². The molecule has 1 unspecified atom stereocenters. The van der Waals surface area contributed by atoms with Crippen LogP contribution in [0.15, 0.2) is 48.7 Å². The Morgan fingerprint density at radius 3 is 2.78 bits per heavy atom. The van der Waals surface area contributed by atoms with Gasteiger partial charge in [-0.1, -0.05) is 24.3 Å². The lowest BCUT2D eigenvalue weighted by Crippen LogP contribution is -2.18. The Kier molecular flexibility index (Phi) is 2.99. The standard InChI is InChI=1S/C15H17N3/c16-9-8-12-11-18(15-7-3-4-10-17-15)14-6-2-1-5-13(12)14/h1-7,10,12H,8-9,11,16H2. The zero-order valence-corrected chi connectivity index (χ0v) is 10.3. The molecule has 2 N–H and O–H groups in total. The number of pyridine rings is 1. The predicted octanol–water partition coefficient (Wildman–Crippen LogP) is 2.67. The van der Waals surface area contributed by atoms with E-state index in [9.17, 15) is 0 Å². The van der Waals surface area contributed by atoms with Gasteiger partial charge >= 0.3 is 0 Å². The number of fused-ring (bicyclic) bond motifs is 1. The van der Waals surface area contributed by atoms with E-state index in [0.717, 1.165) is 25.3 Å². The Hall–Kier alpha value is -1.87. The van der Waals surface area contributed by atoms with Crippen LogP contribution in [0.1, 0.15) is 17.9 Å². The quantitative estimate of drug-likeness (QED) is 0.895. The molecule has 2 aromatic rings. The van der Waals surface area contributed by atoms with Crippen LogP contribution >= 0.6 is 0 Å². The molecule has 3 rings (SSSR count). The highest BCUT2D eigenvalue weighted by molar-refractivity contribution is 5.68. The van der Waals surface area contributed by atoms with Gasteiger partial charge in [0, 0.05) is 24.3 Å². The third-order valence-corrected chi connectivity index (χ3v) is 3.51. The van der Waals surface area contributed by atoms with Crippen molar-refractivity contribution in [2.75, 3.05) is 18.0 Å². The molecule has 1 aromatic carbocycles. The van der Waals surface area contributed by atoms with Crippen LogP contribution in [0.2, 0.25) is 0 Å². The molecule has 1 aliphatic rings. The summed E-state index contributed by atoms with van der Waals surface area (Å²) >= 11 is 0.